The number of nitrogens with one attached hydrogen (secondary N) is 2. The van der Waals surface area contributed by atoms with E-state index in [1.807, 2.05) is 13.8 Å². The van der Waals surface area contributed by atoms with Crippen LogP contribution in [0.3, 0.4) is 0 Å². The van der Waals surface area contributed by atoms with Gasteiger partial charge in [-0.15, -0.1) is 0 Å². The molecule has 0 saturated carbocycles. The number of aliphatic hydroxyl groups is 1. The summed E-state index contributed by atoms with van der Waals surface area (Å²) in [6.07, 6.45) is 0. The number of benzene rings is 1. The summed E-state index contributed by atoms with van der Waals surface area (Å²) >= 11 is 0. The molecule has 0 aliphatic rings. The smallest absolute Gasteiger partial charge is 0.253 e. The van der Waals surface area contributed by atoms with Crippen LogP contribution in [0, 0.1) is 5.92 Å². The largest absolute Gasteiger partial charge is 0.399 e. The van der Waals surface area contributed by atoms with Crippen LogP contribution in [0.2, 0.25) is 0 Å². The monoisotopic (exact) mass is 251 g/mol. The summed E-state index contributed by atoms with van der Waals surface area (Å²) in [5.41, 5.74) is 7.55. The van der Waals surface area contributed by atoms with E-state index in [-0.39, 0.29) is 24.5 Å². The third-order valence-corrected chi connectivity index (χ3v) is 3.04. The van der Waals surface area contributed by atoms with Crippen LogP contribution in [0.1, 0.15) is 24.2 Å². The molecule has 0 spiro atoms. The Bertz CT molecular complexity index is 421. The molecule has 1 aromatic rings. The molecule has 5 N–H and O–H groups in total. The number of anilines is 2. The maximum absolute atomic E-state index is 11.7. The average molecular weight is 251 g/mol. The van der Waals surface area contributed by atoms with Crippen molar-refractivity contribution >= 4 is 17.3 Å². The minimum atomic E-state index is -0.165. The Morgan fingerprint density at radius 3 is 2.67 bits per heavy atom. The van der Waals surface area contributed by atoms with Gasteiger partial charge < -0.3 is 21.5 Å². The van der Waals surface area contributed by atoms with Crippen LogP contribution in [0.15, 0.2) is 18.2 Å². The molecule has 0 fully saturated rings. The molecular formula is C13H21N3O2. The molecule has 18 heavy (non-hydrogen) atoms. The lowest BCUT2D eigenvalue weighted by Crippen LogP contribution is -2.28. The van der Waals surface area contributed by atoms with Crippen LogP contribution < -0.4 is 16.4 Å². The normalized spacial score (nSPS) is 13.8. The number of amides is 1. The molecular weight excluding hydrogens is 230 g/mol. The van der Waals surface area contributed by atoms with Crippen LogP contribution in [0.5, 0.6) is 0 Å². The van der Waals surface area contributed by atoms with E-state index in [2.05, 4.69) is 10.6 Å². The number of nitrogens with two attached hydrogens (primary N) is 1. The van der Waals surface area contributed by atoms with Crippen molar-refractivity contribution in [3.8, 4) is 0 Å². The Morgan fingerprint density at radius 2 is 2.11 bits per heavy atom. The van der Waals surface area contributed by atoms with Crippen molar-refractivity contribution in [2.45, 2.75) is 19.9 Å². The molecule has 2 unspecified atom stereocenters. The van der Waals surface area contributed by atoms with Crippen LogP contribution in [-0.2, 0) is 0 Å². The highest BCUT2D eigenvalue weighted by molar-refractivity contribution is 6.00. The van der Waals surface area contributed by atoms with Gasteiger partial charge >= 0.3 is 0 Å². The molecule has 0 aromatic heterocycles. The Balaban J connectivity index is 2.99. The summed E-state index contributed by atoms with van der Waals surface area (Å²) in [6.45, 7) is 3.98. The van der Waals surface area contributed by atoms with E-state index in [0.717, 1.165) is 0 Å². The van der Waals surface area contributed by atoms with Crippen molar-refractivity contribution in [1.29, 1.82) is 0 Å². The molecule has 2 atom stereocenters. The van der Waals surface area contributed by atoms with E-state index in [4.69, 9.17) is 10.8 Å². The van der Waals surface area contributed by atoms with Crippen molar-refractivity contribution in [2.24, 2.45) is 5.92 Å². The lowest BCUT2D eigenvalue weighted by Gasteiger charge is -2.22. The van der Waals surface area contributed by atoms with Gasteiger partial charge in [0.15, 0.2) is 0 Å². The lowest BCUT2D eigenvalue weighted by atomic mass is 10.0. The number of aliphatic hydroxyl groups excluding tert-OH is 1. The maximum atomic E-state index is 11.7. The van der Waals surface area contributed by atoms with E-state index >= 15 is 0 Å². The minimum absolute atomic E-state index is 0.0419. The van der Waals surface area contributed by atoms with Gasteiger partial charge in [0.25, 0.3) is 5.91 Å². The molecule has 0 saturated heterocycles. The summed E-state index contributed by atoms with van der Waals surface area (Å²) in [6, 6.07) is 5.15. The molecule has 5 heteroatoms. The van der Waals surface area contributed by atoms with Crippen molar-refractivity contribution < 1.29 is 9.90 Å². The van der Waals surface area contributed by atoms with Gasteiger partial charge in [0.05, 0.1) is 5.56 Å². The van der Waals surface area contributed by atoms with Crippen molar-refractivity contribution in [2.75, 3.05) is 24.7 Å². The Hall–Kier alpha value is -1.75. The van der Waals surface area contributed by atoms with E-state index in [1.165, 1.54) is 0 Å². The second kappa shape index (κ2) is 6.26. The predicted molar refractivity (Wildman–Crippen MR) is 73.6 cm³/mol. The fourth-order valence-corrected chi connectivity index (χ4v) is 1.56. The SMILES string of the molecule is CNC(=O)c1ccc(N)cc1NC(C)C(C)CO. The second-order valence-corrected chi connectivity index (χ2v) is 4.48. The molecule has 0 aliphatic heterocycles. The standard InChI is InChI=1S/C13H21N3O2/c1-8(7-17)9(2)16-12-6-10(14)4-5-11(12)13(18)15-3/h4-6,8-9,16-17H,7,14H2,1-3H3,(H,15,18). The molecule has 1 rings (SSSR count). The third-order valence-electron chi connectivity index (χ3n) is 3.04. The molecule has 0 heterocycles. The first kappa shape index (κ1) is 14.3. The zero-order valence-corrected chi connectivity index (χ0v) is 11.0. The summed E-state index contributed by atoms with van der Waals surface area (Å²) in [4.78, 5) is 11.7. The number of nitrogen functional groups attached to an aromatic ring is 1. The second-order valence-electron chi connectivity index (χ2n) is 4.48. The van der Waals surface area contributed by atoms with Gasteiger partial charge in [-0.1, -0.05) is 6.92 Å². The zero-order chi connectivity index (χ0) is 13.7. The van der Waals surface area contributed by atoms with E-state index in [1.54, 1.807) is 25.2 Å². The van der Waals surface area contributed by atoms with Crippen LogP contribution in [0.4, 0.5) is 11.4 Å². The first-order chi connectivity index (χ1) is 8.49. The van der Waals surface area contributed by atoms with Crippen LogP contribution in [-0.4, -0.2) is 30.7 Å². The molecule has 0 bridgehead atoms. The van der Waals surface area contributed by atoms with Gasteiger partial charge in [-0.25, -0.2) is 0 Å². The topological polar surface area (TPSA) is 87.4 Å². The quantitative estimate of drug-likeness (QED) is 0.589. The van der Waals surface area contributed by atoms with Gasteiger partial charge in [0.2, 0.25) is 0 Å². The Kier molecular flexibility index (Phi) is 4.97. The number of hydrogen-bond acceptors (Lipinski definition) is 4. The van der Waals surface area contributed by atoms with Gasteiger partial charge in [0, 0.05) is 31.1 Å². The molecule has 100 valence electrons. The highest BCUT2D eigenvalue weighted by Gasteiger charge is 2.15. The summed E-state index contributed by atoms with van der Waals surface area (Å²) in [5, 5.41) is 14.9. The van der Waals surface area contributed by atoms with E-state index < -0.39 is 0 Å². The van der Waals surface area contributed by atoms with Crippen molar-refractivity contribution in [1.82, 2.24) is 5.32 Å². The number of rotatable bonds is 5. The maximum Gasteiger partial charge on any atom is 0.253 e. The van der Waals surface area contributed by atoms with E-state index in [0.29, 0.717) is 16.9 Å². The first-order valence-electron chi connectivity index (χ1n) is 5.98. The van der Waals surface area contributed by atoms with Gasteiger partial charge in [-0.3, -0.25) is 4.79 Å². The summed E-state index contributed by atoms with van der Waals surface area (Å²) in [7, 11) is 1.59. The van der Waals surface area contributed by atoms with Gasteiger partial charge in [-0.05, 0) is 31.0 Å². The fraction of sp³-hybridized carbons (Fsp3) is 0.462. The highest BCUT2D eigenvalue weighted by atomic mass is 16.3. The highest BCUT2D eigenvalue weighted by Crippen LogP contribution is 2.21. The van der Waals surface area contributed by atoms with Crippen LogP contribution >= 0.6 is 0 Å². The predicted octanol–water partition coefficient (Wildman–Crippen LogP) is 1.06. The lowest BCUT2D eigenvalue weighted by molar-refractivity contribution is 0.0964. The average Bonchev–Trinajstić information content (AvgIpc) is 2.37. The molecule has 0 radical (unpaired) electrons. The van der Waals surface area contributed by atoms with Crippen molar-refractivity contribution in [3.05, 3.63) is 23.8 Å². The van der Waals surface area contributed by atoms with Crippen molar-refractivity contribution in [3.63, 3.8) is 0 Å². The minimum Gasteiger partial charge on any atom is -0.399 e. The van der Waals surface area contributed by atoms with Gasteiger partial charge in [-0.2, -0.15) is 0 Å². The zero-order valence-electron chi connectivity index (χ0n) is 11.0. The summed E-state index contributed by atoms with van der Waals surface area (Å²) in [5.74, 6) is -0.0784. The first-order valence-corrected chi connectivity index (χ1v) is 5.98. The number of hydrogen-bond donors (Lipinski definition) is 4. The molecule has 0 aliphatic carbocycles. The number of carbonyl (C=O) groups is 1. The summed E-state index contributed by atoms with van der Waals surface area (Å²) < 4.78 is 0. The molecule has 1 amide bonds. The fourth-order valence-electron chi connectivity index (χ4n) is 1.56. The molecule has 1 aromatic carbocycles. The Morgan fingerprint density at radius 1 is 1.44 bits per heavy atom. The Labute approximate surface area is 107 Å². The van der Waals surface area contributed by atoms with Crippen LogP contribution in [0.25, 0.3) is 0 Å². The van der Waals surface area contributed by atoms with E-state index in [9.17, 15) is 4.79 Å². The number of carbonyl (C=O) groups excluding carboxylic acids is 1. The van der Waals surface area contributed by atoms with Gasteiger partial charge in [0.1, 0.15) is 0 Å². The third kappa shape index (κ3) is 3.37. The molecule has 5 nitrogen and oxygen atoms in total.